The summed E-state index contributed by atoms with van der Waals surface area (Å²) in [4.78, 5) is 39.5. The van der Waals surface area contributed by atoms with E-state index >= 15 is 0 Å². The molecule has 0 aliphatic carbocycles. The van der Waals surface area contributed by atoms with Gasteiger partial charge in [-0.25, -0.2) is 0 Å². The fourth-order valence-corrected chi connectivity index (χ4v) is 6.25. The van der Waals surface area contributed by atoms with E-state index in [-0.39, 0.29) is 42.9 Å². The second kappa shape index (κ2) is 15.3. The number of rotatable bonds is 15. The summed E-state index contributed by atoms with van der Waals surface area (Å²) < 4.78 is 5.78. The molecule has 5 rings (SSSR count). The molecule has 3 atom stereocenters. The van der Waals surface area contributed by atoms with Crippen molar-refractivity contribution in [1.82, 2.24) is 20.4 Å². The number of nitrogens with zero attached hydrogens (tertiary/aromatic N) is 3. The number of aromatic hydroxyl groups is 1. The van der Waals surface area contributed by atoms with Crippen molar-refractivity contribution in [3.05, 3.63) is 112 Å². The maximum absolute atomic E-state index is 14.5. The van der Waals surface area contributed by atoms with E-state index in [0.29, 0.717) is 25.1 Å². The van der Waals surface area contributed by atoms with Gasteiger partial charge in [0.15, 0.2) is 11.8 Å². The number of nitrogens with two attached hydrogens (primary N) is 3. The molecule has 3 aromatic carbocycles. The van der Waals surface area contributed by atoms with Gasteiger partial charge in [-0.1, -0.05) is 53.7 Å². The van der Waals surface area contributed by atoms with Gasteiger partial charge in [0.1, 0.15) is 11.8 Å². The Kier molecular flexibility index (Phi) is 10.7. The number of phenols is 1. The molecule has 0 radical (unpaired) electrons. The molecule has 12 heteroatoms. The van der Waals surface area contributed by atoms with Crippen LogP contribution in [0, 0.1) is 25.7 Å². The number of carbonyl (C=O) groups excluding carboxylic acids is 2. The van der Waals surface area contributed by atoms with Gasteiger partial charge < -0.3 is 37.1 Å². The van der Waals surface area contributed by atoms with Crippen LogP contribution in [0.15, 0.2) is 82.4 Å². The van der Waals surface area contributed by atoms with E-state index in [9.17, 15) is 14.7 Å². The fourth-order valence-electron chi connectivity index (χ4n) is 6.25. The molecule has 2 aromatic heterocycles. The number of benzene rings is 3. The summed E-state index contributed by atoms with van der Waals surface area (Å²) in [6, 6.07) is 20.3. The van der Waals surface area contributed by atoms with Crippen LogP contribution < -0.4 is 22.5 Å². The Labute approximate surface area is 278 Å². The molecule has 9 N–H and O–H groups in total. The summed E-state index contributed by atoms with van der Waals surface area (Å²) in [5, 5.41) is 18.6. The Morgan fingerprint density at radius 1 is 0.979 bits per heavy atom. The summed E-state index contributed by atoms with van der Waals surface area (Å²) in [6.07, 6.45) is 3.64. The topological polar surface area (TPSA) is 212 Å². The van der Waals surface area contributed by atoms with Crippen LogP contribution in [0.5, 0.6) is 5.75 Å². The number of hydrogen-bond acceptors (Lipinski definition) is 7. The van der Waals surface area contributed by atoms with Crippen molar-refractivity contribution in [1.29, 1.82) is 0 Å². The molecule has 0 spiro atoms. The average Bonchev–Trinajstić information content (AvgIpc) is 3.68. The molecule has 48 heavy (non-hydrogen) atoms. The monoisotopic (exact) mass is 650 g/mol. The number of hydrogen-bond donors (Lipinski definition) is 6. The predicted molar refractivity (Wildman–Crippen MR) is 184 cm³/mol. The predicted octanol–water partition coefficient (Wildman–Crippen LogP) is 3.88. The number of carbonyl (C=O) groups is 2. The number of guanidine groups is 1. The third-order valence-electron chi connectivity index (χ3n) is 8.66. The van der Waals surface area contributed by atoms with Gasteiger partial charge >= 0.3 is 0 Å². The second-order valence-electron chi connectivity index (χ2n) is 12.2. The van der Waals surface area contributed by atoms with Crippen LogP contribution in [0.3, 0.4) is 0 Å². The molecule has 2 heterocycles. The third kappa shape index (κ3) is 8.38. The van der Waals surface area contributed by atoms with Gasteiger partial charge in [-0.3, -0.25) is 14.6 Å². The van der Waals surface area contributed by atoms with E-state index in [0.717, 1.165) is 38.7 Å². The van der Waals surface area contributed by atoms with Gasteiger partial charge in [0, 0.05) is 42.4 Å². The van der Waals surface area contributed by atoms with E-state index in [4.69, 9.17) is 26.7 Å². The highest BCUT2D eigenvalue weighted by atomic mass is 16.5. The van der Waals surface area contributed by atoms with Crippen LogP contribution in [-0.4, -0.2) is 44.5 Å². The first kappa shape index (κ1) is 33.7. The minimum Gasteiger partial charge on any atom is -0.508 e. The number of aryl methyl sites for hydroxylation is 2. The summed E-state index contributed by atoms with van der Waals surface area (Å²) in [5.41, 5.74) is 22.3. The Hall–Kier alpha value is -5.65. The molecule has 250 valence electrons. The third-order valence-corrected chi connectivity index (χ3v) is 8.66. The van der Waals surface area contributed by atoms with Crippen molar-refractivity contribution in [2.75, 3.05) is 6.54 Å². The SMILES string of the molecule is Cc1cc(O)cc(C)c1C[C@H](C(=O)N[C@@H](Cc1c[nH]c2ccccc12)c1nc(Cc2ccccc2)no1)C(CCCN=C(N)N)C(N)=O. The lowest BCUT2D eigenvalue weighted by Crippen LogP contribution is -2.43. The molecule has 2 amide bonds. The minimum absolute atomic E-state index is 0.0541. The number of para-hydroxylation sites is 1. The van der Waals surface area contributed by atoms with E-state index in [1.807, 2.05) is 74.6 Å². The Balaban J connectivity index is 1.49. The lowest BCUT2D eigenvalue weighted by Gasteiger charge is -2.27. The molecule has 0 fully saturated rings. The molecule has 0 bridgehead atoms. The lowest BCUT2D eigenvalue weighted by molar-refractivity contribution is -0.134. The van der Waals surface area contributed by atoms with Crippen molar-refractivity contribution < 1.29 is 19.2 Å². The van der Waals surface area contributed by atoms with E-state index in [1.165, 1.54) is 0 Å². The van der Waals surface area contributed by atoms with Gasteiger partial charge in [-0.2, -0.15) is 4.98 Å². The first-order chi connectivity index (χ1) is 23.1. The summed E-state index contributed by atoms with van der Waals surface area (Å²) in [6.45, 7) is 4.01. The zero-order valence-electron chi connectivity index (χ0n) is 27.1. The Bertz CT molecular complexity index is 1870. The van der Waals surface area contributed by atoms with Crippen LogP contribution in [0.4, 0.5) is 0 Å². The van der Waals surface area contributed by atoms with E-state index < -0.39 is 23.8 Å². The minimum atomic E-state index is -0.860. The molecular weight excluding hydrogens is 608 g/mol. The highest BCUT2D eigenvalue weighted by Crippen LogP contribution is 2.30. The number of primary amides is 1. The van der Waals surface area contributed by atoms with E-state index in [2.05, 4.69) is 20.4 Å². The smallest absolute Gasteiger partial charge is 0.249 e. The summed E-state index contributed by atoms with van der Waals surface area (Å²) >= 11 is 0. The molecule has 5 aromatic rings. The van der Waals surface area contributed by atoms with Gasteiger partial charge in [0.25, 0.3) is 0 Å². The van der Waals surface area contributed by atoms with Gasteiger partial charge in [-0.15, -0.1) is 0 Å². The van der Waals surface area contributed by atoms with Crippen molar-refractivity contribution >= 4 is 28.7 Å². The first-order valence-electron chi connectivity index (χ1n) is 15.9. The lowest BCUT2D eigenvalue weighted by atomic mass is 9.80. The molecule has 0 saturated heterocycles. The number of phenolic OH excluding ortho intramolecular Hbond substituents is 1. The van der Waals surface area contributed by atoms with Crippen molar-refractivity contribution in [2.24, 2.45) is 34.0 Å². The molecule has 1 unspecified atom stereocenters. The average molecular weight is 651 g/mol. The van der Waals surface area contributed by atoms with Gasteiger partial charge in [0.05, 0.1) is 5.92 Å². The van der Waals surface area contributed by atoms with Gasteiger partial charge in [-0.05, 0) is 79.1 Å². The van der Waals surface area contributed by atoms with Crippen molar-refractivity contribution in [3.8, 4) is 5.75 Å². The standard InChI is InChI=1S/C36H42N8O4/c1-21-15-25(45)16-22(2)28(21)19-29(27(33(37)46)12-8-14-40-36(38)39)34(47)42-31(18-24-20-41-30-13-7-6-11-26(24)30)35-43-32(44-48-35)17-23-9-4-3-5-10-23/h3-7,9-11,13,15-16,20,27,29,31,41,45H,8,12,14,17-19H2,1-2H3,(H2,37,46)(H,42,47)(H4,38,39,40)/t27?,29-,31-/m0/s1. The second-order valence-corrected chi connectivity index (χ2v) is 12.2. The van der Waals surface area contributed by atoms with Crippen LogP contribution in [-0.2, 0) is 28.9 Å². The van der Waals surface area contributed by atoms with Gasteiger partial charge in [0.2, 0.25) is 17.7 Å². The maximum atomic E-state index is 14.5. The number of aliphatic imine (C=N–C) groups is 1. The van der Waals surface area contributed by atoms with Crippen molar-refractivity contribution in [3.63, 3.8) is 0 Å². The van der Waals surface area contributed by atoms with Crippen LogP contribution in [0.2, 0.25) is 0 Å². The zero-order valence-corrected chi connectivity index (χ0v) is 27.1. The number of fused-ring (bicyclic) bond motifs is 1. The number of aromatic amines is 1. The first-order valence-corrected chi connectivity index (χ1v) is 15.9. The number of H-pyrrole nitrogens is 1. The van der Waals surface area contributed by atoms with Crippen LogP contribution >= 0.6 is 0 Å². The van der Waals surface area contributed by atoms with Crippen LogP contribution in [0.25, 0.3) is 10.9 Å². The fraction of sp³-hybridized carbons (Fsp3) is 0.306. The Morgan fingerprint density at radius 3 is 2.40 bits per heavy atom. The Morgan fingerprint density at radius 2 is 1.69 bits per heavy atom. The highest BCUT2D eigenvalue weighted by molar-refractivity contribution is 5.88. The highest BCUT2D eigenvalue weighted by Gasteiger charge is 2.35. The molecule has 0 aliphatic rings. The van der Waals surface area contributed by atoms with E-state index in [1.54, 1.807) is 12.1 Å². The normalized spacial score (nSPS) is 13.1. The molecule has 0 aliphatic heterocycles. The number of aromatic nitrogens is 3. The molecular formula is C36H42N8O4. The number of nitrogens with one attached hydrogen (secondary N) is 2. The largest absolute Gasteiger partial charge is 0.508 e. The zero-order chi connectivity index (χ0) is 34.2. The summed E-state index contributed by atoms with van der Waals surface area (Å²) in [5.74, 6) is -1.89. The van der Waals surface area contributed by atoms with Crippen LogP contribution in [0.1, 0.15) is 58.4 Å². The number of amides is 2. The van der Waals surface area contributed by atoms with Crippen molar-refractivity contribution in [2.45, 2.75) is 52.0 Å². The summed E-state index contributed by atoms with van der Waals surface area (Å²) in [7, 11) is 0. The molecule has 0 saturated carbocycles. The molecule has 12 nitrogen and oxygen atoms in total. The quantitative estimate of drug-likeness (QED) is 0.0555. The maximum Gasteiger partial charge on any atom is 0.249 e.